The van der Waals surface area contributed by atoms with Crippen LogP contribution in [0.1, 0.15) is 54.4 Å². The summed E-state index contributed by atoms with van der Waals surface area (Å²) in [5, 5.41) is 6.62. The number of hydrogen-bond acceptors (Lipinski definition) is 7. The predicted octanol–water partition coefficient (Wildman–Crippen LogP) is 5.78. The topological polar surface area (TPSA) is 111 Å². The maximum Gasteiger partial charge on any atom is 0.573 e. The van der Waals surface area contributed by atoms with Crippen LogP contribution in [0.5, 0.6) is 5.75 Å². The lowest BCUT2D eigenvalue weighted by Gasteiger charge is -2.24. The van der Waals surface area contributed by atoms with Crippen LogP contribution in [-0.2, 0) is 4.79 Å². The lowest BCUT2D eigenvalue weighted by atomic mass is 9.98. The molecule has 2 heterocycles. The second-order valence-electron chi connectivity index (χ2n) is 10.8. The Bertz CT molecular complexity index is 1610. The second-order valence-corrected chi connectivity index (χ2v) is 10.8. The SMILES string of the molecule is Cc1ccc(C(C)C)c(N2C(=O)CN=C2NC(=O)NCC(F)c2ccc(C3N=CN(c4ccc(OC(F)(F)F)cc4)N3)cc2)c1. The smallest absolute Gasteiger partial charge is 0.406 e. The van der Waals surface area contributed by atoms with Gasteiger partial charge in [-0.1, -0.05) is 50.2 Å². The molecule has 0 fully saturated rings. The molecule has 45 heavy (non-hydrogen) atoms. The van der Waals surface area contributed by atoms with Crippen LogP contribution in [0.15, 0.2) is 76.7 Å². The third-order valence-corrected chi connectivity index (χ3v) is 7.10. The Hall–Kier alpha value is -4.98. The number of benzene rings is 3. The fraction of sp³-hybridized carbons (Fsp3) is 0.290. The molecular weight excluding hydrogens is 594 g/mol. The van der Waals surface area contributed by atoms with Crippen molar-refractivity contribution in [2.45, 2.75) is 45.4 Å². The van der Waals surface area contributed by atoms with E-state index >= 15 is 4.39 Å². The molecule has 10 nitrogen and oxygen atoms in total. The van der Waals surface area contributed by atoms with Gasteiger partial charge in [-0.25, -0.2) is 24.1 Å². The Morgan fingerprint density at radius 3 is 2.47 bits per heavy atom. The van der Waals surface area contributed by atoms with Gasteiger partial charge < -0.3 is 10.1 Å². The van der Waals surface area contributed by atoms with Gasteiger partial charge in [-0.2, -0.15) is 5.43 Å². The third-order valence-electron chi connectivity index (χ3n) is 7.10. The van der Waals surface area contributed by atoms with Crippen LogP contribution >= 0.6 is 0 Å². The molecule has 0 saturated heterocycles. The first kappa shape index (κ1) is 31.4. The highest BCUT2D eigenvalue weighted by Crippen LogP contribution is 2.31. The summed E-state index contributed by atoms with van der Waals surface area (Å²) in [5.74, 6) is -0.414. The highest BCUT2D eigenvalue weighted by atomic mass is 19.4. The molecule has 5 rings (SSSR count). The lowest BCUT2D eigenvalue weighted by Crippen LogP contribution is -2.48. The summed E-state index contributed by atoms with van der Waals surface area (Å²) < 4.78 is 56.2. The Morgan fingerprint density at radius 2 is 1.80 bits per heavy atom. The van der Waals surface area contributed by atoms with E-state index in [9.17, 15) is 22.8 Å². The number of ether oxygens (including phenoxy) is 1. The van der Waals surface area contributed by atoms with E-state index in [2.05, 4.69) is 30.8 Å². The summed E-state index contributed by atoms with van der Waals surface area (Å²) in [4.78, 5) is 35.3. The third kappa shape index (κ3) is 7.58. The number of anilines is 2. The largest absolute Gasteiger partial charge is 0.573 e. The Kier molecular flexibility index (Phi) is 9.04. The fourth-order valence-electron chi connectivity index (χ4n) is 4.86. The molecule has 2 aliphatic heterocycles. The molecule has 14 heteroatoms. The molecule has 2 aliphatic rings. The first-order valence-electron chi connectivity index (χ1n) is 14.1. The van der Waals surface area contributed by atoms with E-state index in [1.807, 2.05) is 39.0 Å². The minimum absolute atomic E-state index is 0.0778. The summed E-state index contributed by atoms with van der Waals surface area (Å²) in [7, 11) is 0. The number of aliphatic imine (C=N–C) groups is 2. The minimum Gasteiger partial charge on any atom is -0.406 e. The molecule has 0 radical (unpaired) electrons. The highest BCUT2D eigenvalue weighted by molar-refractivity contribution is 6.23. The van der Waals surface area contributed by atoms with Gasteiger partial charge in [0.15, 0.2) is 0 Å². The van der Waals surface area contributed by atoms with Crippen molar-refractivity contribution in [2.24, 2.45) is 9.98 Å². The van der Waals surface area contributed by atoms with Gasteiger partial charge in [0.05, 0.1) is 17.9 Å². The first-order valence-corrected chi connectivity index (χ1v) is 14.1. The maximum atomic E-state index is 15.1. The number of hydrazine groups is 1. The van der Waals surface area contributed by atoms with E-state index in [0.29, 0.717) is 22.5 Å². The van der Waals surface area contributed by atoms with Crippen LogP contribution in [0.4, 0.5) is 33.7 Å². The van der Waals surface area contributed by atoms with E-state index < -0.39 is 24.7 Å². The van der Waals surface area contributed by atoms with E-state index in [1.54, 1.807) is 29.3 Å². The Labute approximate surface area is 256 Å². The van der Waals surface area contributed by atoms with E-state index in [-0.39, 0.29) is 36.6 Å². The Balaban J connectivity index is 1.13. The lowest BCUT2D eigenvalue weighted by molar-refractivity contribution is -0.274. The van der Waals surface area contributed by atoms with Gasteiger partial charge in [-0.3, -0.25) is 15.1 Å². The normalized spacial score (nSPS) is 17.1. The van der Waals surface area contributed by atoms with Crippen LogP contribution in [0.3, 0.4) is 0 Å². The number of rotatable bonds is 8. The molecule has 0 bridgehead atoms. The van der Waals surface area contributed by atoms with E-state index in [1.165, 1.54) is 35.5 Å². The summed E-state index contributed by atoms with van der Waals surface area (Å²) in [5.41, 5.74) is 7.20. The van der Waals surface area contributed by atoms with Crippen molar-refractivity contribution in [2.75, 3.05) is 23.0 Å². The zero-order valence-corrected chi connectivity index (χ0v) is 24.6. The van der Waals surface area contributed by atoms with Crippen molar-refractivity contribution in [3.05, 3.63) is 89.0 Å². The van der Waals surface area contributed by atoms with E-state index in [0.717, 1.165) is 11.1 Å². The molecule has 0 saturated carbocycles. The average Bonchev–Trinajstić information content (AvgIpc) is 3.62. The maximum absolute atomic E-state index is 15.1. The molecule has 0 aliphatic carbocycles. The molecule has 3 aromatic carbocycles. The van der Waals surface area contributed by atoms with Crippen molar-refractivity contribution in [1.29, 1.82) is 0 Å². The van der Waals surface area contributed by atoms with Gasteiger partial charge in [-0.05, 0) is 65.4 Å². The van der Waals surface area contributed by atoms with Crippen LogP contribution in [0.2, 0.25) is 0 Å². The summed E-state index contributed by atoms with van der Waals surface area (Å²) in [6.07, 6.45) is -5.31. The standard InChI is InChI=1S/C31H31F4N7O3/c1-18(2)24-13-4-19(3)14-26(24)42-27(43)16-36-29(42)39-30(44)37-15-25(32)20-5-7-21(8-6-20)28-38-17-41(40-28)22-9-11-23(12-10-22)45-31(33,34)35/h4-14,17-18,25,28,40H,15-16H2,1-3H3,(H2,36,37,39,44). The van der Waals surface area contributed by atoms with Crippen molar-refractivity contribution < 1.29 is 31.9 Å². The van der Waals surface area contributed by atoms with E-state index in [4.69, 9.17) is 0 Å². The molecule has 0 aromatic heterocycles. The number of carbonyl (C=O) groups excluding carboxylic acids is 2. The van der Waals surface area contributed by atoms with Crippen molar-refractivity contribution >= 4 is 35.6 Å². The number of nitrogens with one attached hydrogen (secondary N) is 3. The van der Waals surface area contributed by atoms with Crippen LogP contribution < -0.4 is 30.7 Å². The van der Waals surface area contributed by atoms with Gasteiger partial charge in [0, 0.05) is 0 Å². The van der Waals surface area contributed by atoms with Crippen molar-refractivity contribution in [1.82, 2.24) is 16.1 Å². The zero-order chi connectivity index (χ0) is 32.3. The zero-order valence-electron chi connectivity index (χ0n) is 24.6. The average molecular weight is 626 g/mol. The number of halogens is 4. The number of hydrogen-bond donors (Lipinski definition) is 3. The van der Waals surface area contributed by atoms with Gasteiger partial charge in [0.1, 0.15) is 31.0 Å². The van der Waals surface area contributed by atoms with Gasteiger partial charge in [0.25, 0.3) is 5.91 Å². The highest BCUT2D eigenvalue weighted by Gasteiger charge is 2.32. The van der Waals surface area contributed by atoms with Gasteiger partial charge in [-0.15, -0.1) is 13.2 Å². The number of carbonyl (C=O) groups is 2. The number of urea groups is 1. The summed E-state index contributed by atoms with van der Waals surface area (Å²) in [6.45, 7) is 5.49. The number of amides is 3. The van der Waals surface area contributed by atoms with Gasteiger partial charge >= 0.3 is 12.4 Å². The molecule has 0 spiro atoms. The number of alkyl halides is 4. The van der Waals surface area contributed by atoms with Crippen molar-refractivity contribution in [3.8, 4) is 5.75 Å². The molecule has 3 amide bonds. The number of aryl methyl sites for hydroxylation is 1. The first-order chi connectivity index (χ1) is 21.4. The Morgan fingerprint density at radius 1 is 1.09 bits per heavy atom. The number of nitrogens with zero attached hydrogens (tertiary/aromatic N) is 4. The quantitative estimate of drug-likeness (QED) is 0.275. The molecular formula is C31H31F4N7O3. The number of guanidine groups is 1. The van der Waals surface area contributed by atoms with Gasteiger partial charge in [0.2, 0.25) is 5.96 Å². The minimum atomic E-state index is -4.78. The second kappa shape index (κ2) is 12.9. The molecule has 236 valence electrons. The summed E-state index contributed by atoms with van der Waals surface area (Å²) >= 11 is 0. The molecule has 2 atom stereocenters. The van der Waals surface area contributed by atoms with Crippen LogP contribution in [-0.4, -0.2) is 43.7 Å². The monoisotopic (exact) mass is 625 g/mol. The molecule has 3 aromatic rings. The van der Waals surface area contributed by atoms with Crippen LogP contribution in [0.25, 0.3) is 0 Å². The fourth-order valence-corrected chi connectivity index (χ4v) is 4.86. The molecule has 2 unspecified atom stereocenters. The molecule has 3 N–H and O–H groups in total. The summed E-state index contributed by atoms with van der Waals surface area (Å²) in [6, 6.07) is 16.9. The van der Waals surface area contributed by atoms with Crippen molar-refractivity contribution in [3.63, 3.8) is 0 Å². The predicted molar refractivity (Wildman–Crippen MR) is 162 cm³/mol. The van der Waals surface area contributed by atoms with Crippen LogP contribution in [0, 0.1) is 6.92 Å².